The van der Waals surface area contributed by atoms with Crippen LogP contribution in [0.4, 0.5) is 0 Å². The van der Waals surface area contributed by atoms with Gasteiger partial charge in [0, 0.05) is 0 Å². The fourth-order valence-corrected chi connectivity index (χ4v) is 2.79. The van der Waals surface area contributed by atoms with Gasteiger partial charge in [-0.3, -0.25) is 0 Å². The van der Waals surface area contributed by atoms with Crippen LogP contribution in [0.1, 0.15) is 11.1 Å². The molecule has 0 saturated carbocycles. The maximum absolute atomic E-state index is 10.5. The summed E-state index contributed by atoms with van der Waals surface area (Å²) in [5.41, 5.74) is 1.89. The molecule has 1 aliphatic rings. The Hall–Kier alpha value is -1.96. The van der Waals surface area contributed by atoms with Crippen molar-refractivity contribution in [2.45, 2.75) is 37.8 Å². The standard InChI is InChI=1S/C20H24O6/c1-23-16-9-7-15(8-10-16)11-24-19-17(21)13-26-20(18(19)22)25-12-14-5-3-2-4-6-14/h2-10,17-22H,11-13H2,1H3/t17-,18+,19-,20+/m0/s1. The zero-order valence-electron chi connectivity index (χ0n) is 14.7. The molecule has 0 bridgehead atoms. The van der Waals surface area contributed by atoms with E-state index in [1.807, 2.05) is 54.6 Å². The molecule has 1 aliphatic heterocycles. The first kappa shape index (κ1) is 18.8. The highest BCUT2D eigenvalue weighted by Crippen LogP contribution is 2.22. The van der Waals surface area contributed by atoms with Crippen LogP contribution in [0, 0.1) is 0 Å². The van der Waals surface area contributed by atoms with Gasteiger partial charge < -0.3 is 29.2 Å². The van der Waals surface area contributed by atoms with Crippen LogP contribution in [0.25, 0.3) is 0 Å². The third-order valence-electron chi connectivity index (χ3n) is 4.28. The van der Waals surface area contributed by atoms with Gasteiger partial charge >= 0.3 is 0 Å². The number of ether oxygens (including phenoxy) is 4. The van der Waals surface area contributed by atoms with Crippen molar-refractivity contribution in [2.75, 3.05) is 13.7 Å². The Morgan fingerprint density at radius 3 is 2.27 bits per heavy atom. The number of methoxy groups -OCH3 is 1. The molecule has 140 valence electrons. The minimum atomic E-state index is -1.08. The van der Waals surface area contributed by atoms with Gasteiger partial charge in [0.15, 0.2) is 6.29 Å². The van der Waals surface area contributed by atoms with E-state index in [-0.39, 0.29) is 13.2 Å². The van der Waals surface area contributed by atoms with Gasteiger partial charge in [-0.2, -0.15) is 0 Å². The third kappa shape index (κ3) is 4.81. The Balaban J connectivity index is 1.55. The van der Waals surface area contributed by atoms with Crippen LogP contribution in [0.5, 0.6) is 5.75 Å². The molecule has 2 aromatic rings. The fraction of sp³-hybridized carbons (Fsp3) is 0.400. The van der Waals surface area contributed by atoms with E-state index < -0.39 is 24.6 Å². The second kappa shape index (κ2) is 9.12. The van der Waals surface area contributed by atoms with Gasteiger partial charge in [0.05, 0.1) is 26.9 Å². The van der Waals surface area contributed by atoms with Crippen LogP contribution in [0.15, 0.2) is 54.6 Å². The van der Waals surface area contributed by atoms with Crippen molar-refractivity contribution in [3.8, 4) is 5.75 Å². The van der Waals surface area contributed by atoms with E-state index in [0.29, 0.717) is 6.61 Å². The molecule has 1 fully saturated rings. The molecule has 0 aromatic heterocycles. The molecule has 6 heteroatoms. The summed E-state index contributed by atoms with van der Waals surface area (Å²) in [6, 6.07) is 17.0. The molecule has 1 saturated heterocycles. The van der Waals surface area contributed by atoms with Gasteiger partial charge in [0.25, 0.3) is 0 Å². The van der Waals surface area contributed by atoms with Crippen molar-refractivity contribution in [2.24, 2.45) is 0 Å². The molecule has 3 rings (SSSR count). The fourth-order valence-electron chi connectivity index (χ4n) is 2.79. The van der Waals surface area contributed by atoms with Gasteiger partial charge in [-0.25, -0.2) is 0 Å². The molecule has 4 atom stereocenters. The quantitative estimate of drug-likeness (QED) is 0.785. The van der Waals surface area contributed by atoms with Crippen molar-refractivity contribution < 1.29 is 29.2 Å². The van der Waals surface area contributed by atoms with Crippen molar-refractivity contribution in [3.63, 3.8) is 0 Å². The average molecular weight is 360 g/mol. The second-order valence-electron chi connectivity index (χ2n) is 6.18. The lowest BCUT2D eigenvalue weighted by molar-refractivity contribution is -0.283. The van der Waals surface area contributed by atoms with Crippen LogP contribution in [-0.4, -0.2) is 48.5 Å². The highest BCUT2D eigenvalue weighted by Gasteiger charge is 2.40. The minimum Gasteiger partial charge on any atom is -0.497 e. The highest BCUT2D eigenvalue weighted by molar-refractivity contribution is 5.26. The largest absolute Gasteiger partial charge is 0.497 e. The molecule has 2 aromatic carbocycles. The van der Waals surface area contributed by atoms with Gasteiger partial charge in [-0.15, -0.1) is 0 Å². The molecule has 0 unspecified atom stereocenters. The molecule has 0 spiro atoms. The number of hydrogen-bond donors (Lipinski definition) is 2. The minimum absolute atomic E-state index is 0.0454. The average Bonchev–Trinajstić information content (AvgIpc) is 2.68. The van der Waals surface area contributed by atoms with Crippen LogP contribution in [0.2, 0.25) is 0 Å². The van der Waals surface area contributed by atoms with Gasteiger partial charge in [0.2, 0.25) is 0 Å². The maximum Gasteiger partial charge on any atom is 0.186 e. The number of rotatable bonds is 7. The van der Waals surface area contributed by atoms with E-state index >= 15 is 0 Å². The second-order valence-corrected chi connectivity index (χ2v) is 6.18. The Bertz CT molecular complexity index is 660. The van der Waals surface area contributed by atoms with Crippen LogP contribution < -0.4 is 4.74 Å². The number of hydrogen-bond acceptors (Lipinski definition) is 6. The van der Waals surface area contributed by atoms with E-state index in [0.717, 1.165) is 16.9 Å². The predicted molar refractivity (Wildman–Crippen MR) is 94.6 cm³/mol. The first-order valence-corrected chi connectivity index (χ1v) is 8.55. The Morgan fingerprint density at radius 1 is 0.923 bits per heavy atom. The van der Waals surface area contributed by atoms with Gasteiger partial charge in [-0.05, 0) is 23.3 Å². The summed E-state index contributed by atoms with van der Waals surface area (Å²) in [5, 5.41) is 20.6. The van der Waals surface area contributed by atoms with Crippen LogP contribution in [-0.2, 0) is 27.4 Å². The Kier molecular flexibility index (Phi) is 6.60. The number of aliphatic hydroxyl groups is 2. The van der Waals surface area contributed by atoms with E-state index in [2.05, 4.69) is 0 Å². The first-order chi connectivity index (χ1) is 12.7. The maximum atomic E-state index is 10.5. The SMILES string of the molecule is COc1ccc(CO[C@@H]2[C@@H](O)[C@H](OCc3ccccc3)OC[C@@H]2O)cc1. The third-order valence-corrected chi connectivity index (χ3v) is 4.28. The zero-order valence-corrected chi connectivity index (χ0v) is 14.7. The Labute approximate surface area is 152 Å². The molecule has 6 nitrogen and oxygen atoms in total. The highest BCUT2D eigenvalue weighted by atomic mass is 16.7. The van der Waals surface area contributed by atoms with E-state index in [9.17, 15) is 10.2 Å². The molecule has 0 radical (unpaired) electrons. The summed E-state index contributed by atoms with van der Waals surface area (Å²) in [6.07, 6.45) is -3.63. The smallest absolute Gasteiger partial charge is 0.186 e. The first-order valence-electron chi connectivity index (χ1n) is 8.55. The lowest BCUT2D eigenvalue weighted by Gasteiger charge is -2.37. The summed E-state index contributed by atoms with van der Waals surface area (Å²) < 4.78 is 22.0. The summed E-state index contributed by atoms with van der Waals surface area (Å²) >= 11 is 0. The van der Waals surface area contributed by atoms with Crippen molar-refractivity contribution >= 4 is 0 Å². The van der Waals surface area contributed by atoms with Crippen molar-refractivity contribution in [3.05, 3.63) is 65.7 Å². The lowest BCUT2D eigenvalue weighted by Crippen LogP contribution is -2.54. The molecule has 0 amide bonds. The van der Waals surface area contributed by atoms with Crippen molar-refractivity contribution in [1.29, 1.82) is 0 Å². The normalized spacial score (nSPS) is 25.8. The van der Waals surface area contributed by atoms with Crippen LogP contribution in [0.3, 0.4) is 0 Å². The molecule has 26 heavy (non-hydrogen) atoms. The van der Waals surface area contributed by atoms with Crippen LogP contribution >= 0.6 is 0 Å². The predicted octanol–water partition coefficient (Wildman–Crippen LogP) is 1.88. The molecular weight excluding hydrogens is 336 g/mol. The number of aliphatic hydroxyl groups excluding tert-OH is 2. The molecule has 1 heterocycles. The van der Waals surface area contributed by atoms with Crippen molar-refractivity contribution in [1.82, 2.24) is 0 Å². The van der Waals surface area contributed by atoms with Gasteiger partial charge in [0.1, 0.15) is 24.1 Å². The zero-order chi connectivity index (χ0) is 18.4. The van der Waals surface area contributed by atoms with E-state index in [1.165, 1.54) is 0 Å². The lowest BCUT2D eigenvalue weighted by atomic mass is 10.0. The van der Waals surface area contributed by atoms with E-state index in [1.54, 1.807) is 7.11 Å². The monoisotopic (exact) mass is 360 g/mol. The summed E-state index contributed by atoms with van der Waals surface area (Å²) in [7, 11) is 1.61. The summed E-state index contributed by atoms with van der Waals surface area (Å²) in [5.74, 6) is 0.759. The summed E-state index contributed by atoms with van der Waals surface area (Å²) in [6.45, 7) is 0.613. The van der Waals surface area contributed by atoms with Gasteiger partial charge in [-0.1, -0.05) is 42.5 Å². The van der Waals surface area contributed by atoms with E-state index in [4.69, 9.17) is 18.9 Å². The number of benzene rings is 2. The topological polar surface area (TPSA) is 77.4 Å². The molecule has 2 N–H and O–H groups in total. The summed E-state index contributed by atoms with van der Waals surface area (Å²) in [4.78, 5) is 0. The molecule has 0 aliphatic carbocycles. The Morgan fingerprint density at radius 2 is 1.58 bits per heavy atom. The molecular formula is C20H24O6.